The fourth-order valence-electron chi connectivity index (χ4n) is 1.38. The molecule has 1 N–H and O–H groups in total. The van der Waals surface area contributed by atoms with Crippen LogP contribution in [0.15, 0.2) is 17.0 Å². The van der Waals surface area contributed by atoms with Gasteiger partial charge in [-0.2, -0.15) is 0 Å². The average Bonchev–Trinajstić information content (AvgIpc) is 2.13. The molecule has 0 spiro atoms. The first kappa shape index (κ1) is 14.7. The van der Waals surface area contributed by atoms with Gasteiger partial charge >= 0.3 is 0 Å². The number of ketones is 1. The van der Waals surface area contributed by atoms with Crippen LogP contribution in [0.25, 0.3) is 0 Å². The highest BCUT2D eigenvalue weighted by molar-refractivity contribution is 7.89. The number of Topliss-reactive ketones (excluding diaryl/α,β-unsaturated/α-hetero) is 1. The van der Waals surface area contributed by atoms with Crippen LogP contribution in [0.2, 0.25) is 0 Å². The predicted octanol–water partition coefficient (Wildman–Crippen LogP) is 1.85. The van der Waals surface area contributed by atoms with E-state index in [1.807, 2.05) is 0 Å². The van der Waals surface area contributed by atoms with Crippen molar-refractivity contribution in [2.24, 2.45) is 0 Å². The molecule has 18 heavy (non-hydrogen) atoms. The van der Waals surface area contributed by atoms with Crippen LogP contribution in [0.4, 0.5) is 8.78 Å². The van der Waals surface area contributed by atoms with Gasteiger partial charge in [-0.1, -0.05) is 0 Å². The first-order valence-electron chi connectivity index (χ1n) is 5.17. The van der Waals surface area contributed by atoms with Gasteiger partial charge in [-0.3, -0.25) is 4.79 Å². The van der Waals surface area contributed by atoms with Gasteiger partial charge in [-0.25, -0.2) is 21.9 Å². The summed E-state index contributed by atoms with van der Waals surface area (Å²) in [6, 6.07) is 0.656. The van der Waals surface area contributed by atoms with E-state index in [1.54, 1.807) is 13.8 Å². The topological polar surface area (TPSA) is 63.2 Å². The summed E-state index contributed by atoms with van der Waals surface area (Å²) in [7, 11) is -4.11. The second kappa shape index (κ2) is 5.11. The number of nitrogens with one attached hydrogen (secondary N) is 1. The fourth-order valence-corrected chi connectivity index (χ4v) is 2.71. The van der Waals surface area contributed by atoms with Gasteiger partial charge < -0.3 is 0 Å². The minimum absolute atomic E-state index is 0.394. The largest absolute Gasteiger partial charge is 0.294 e. The number of carbonyl (C=O) groups is 1. The quantitative estimate of drug-likeness (QED) is 0.854. The second-order valence-electron chi connectivity index (χ2n) is 4.09. The molecule has 0 heterocycles. The highest BCUT2D eigenvalue weighted by Gasteiger charge is 2.23. The van der Waals surface area contributed by atoms with E-state index in [4.69, 9.17) is 0 Å². The van der Waals surface area contributed by atoms with E-state index in [-0.39, 0.29) is 0 Å². The summed E-state index contributed by atoms with van der Waals surface area (Å²) in [5.41, 5.74) is -0.458. The van der Waals surface area contributed by atoms with Crippen LogP contribution in [0.1, 0.15) is 31.1 Å². The maximum atomic E-state index is 13.5. The molecule has 7 heteroatoms. The van der Waals surface area contributed by atoms with E-state index in [0.29, 0.717) is 12.1 Å². The zero-order chi connectivity index (χ0) is 14.1. The summed E-state index contributed by atoms with van der Waals surface area (Å²) in [5, 5.41) is 0. The van der Waals surface area contributed by atoms with Crippen molar-refractivity contribution in [1.82, 2.24) is 4.72 Å². The maximum absolute atomic E-state index is 13.5. The van der Waals surface area contributed by atoms with E-state index in [0.717, 1.165) is 6.92 Å². The lowest BCUT2D eigenvalue weighted by molar-refractivity contribution is 0.101. The minimum atomic E-state index is -4.11. The third-order valence-corrected chi connectivity index (χ3v) is 3.75. The Morgan fingerprint density at radius 3 is 2.22 bits per heavy atom. The Hall–Kier alpha value is -1.34. The highest BCUT2D eigenvalue weighted by Crippen LogP contribution is 2.20. The summed E-state index contributed by atoms with van der Waals surface area (Å²) >= 11 is 0. The number of hydrogen-bond acceptors (Lipinski definition) is 3. The molecule has 0 unspecified atom stereocenters. The van der Waals surface area contributed by atoms with Crippen LogP contribution in [0, 0.1) is 11.6 Å². The normalized spacial score (nSPS) is 11.9. The van der Waals surface area contributed by atoms with Crippen molar-refractivity contribution in [2.45, 2.75) is 31.7 Å². The first-order valence-corrected chi connectivity index (χ1v) is 6.65. The number of rotatable bonds is 4. The number of sulfonamides is 1. The van der Waals surface area contributed by atoms with Crippen LogP contribution in [-0.4, -0.2) is 20.2 Å². The van der Waals surface area contributed by atoms with Crippen LogP contribution in [0.3, 0.4) is 0 Å². The maximum Gasteiger partial charge on any atom is 0.243 e. The molecule has 0 bridgehead atoms. The molecule has 4 nitrogen and oxygen atoms in total. The summed E-state index contributed by atoms with van der Waals surface area (Å²) in [6.45, 7) is 4.19. The Morgan fingerprint density at radius 2 is 1.78 bits per heavy atom. The van der Waals surface area contributed by atoms with Gasteiger partial charge in [0.1, 0.15) is 16.5 Å². The number of halogens is 2. The van der Waals surface area contributed by atoms with Crippen molar-refractivity contribution in [3.8, 4) is 0 Å². The Balaban J connectivity index is 3.42. The molecule has 0 radical (unpaired) electrons. The molecule has 0 saturated carbocycles. The lowest BCUT2D eigenvalue weighted by atomic mass is 10.1. The third kappa shape index (κ3) is 3.11. The van der Waals surface area contributed by atoms with Gasteiger partial charge in [0.25, 0.3) is 0 Å². The van der Waals surface area contributed by atoms with Crippen LogP contribution in [0.5, 0.6) is 0 Å². The van der Waals surface area contributed by atoms with Crippen molar-refractivity contribution in [1.29, 1.82) is 0 Å². The number of benzene rings is 1. The smallest absolute Gasteiger partial charge is 0.243 e. The van der Waals surface area contributed by atoms with Crippen LogP contribution in [-0.2, 0) is 10.0 Å². The molecule has 0 fully saturated rings. The molecule has 0 saturated heterocycles. The van der Waals surface area contributed by atoms with Gasteiger partial charge in [-0.05, 0) is 26.8 Å². The molecule has 1 rings (SSSR count). The van der Waals surface area contributed by atoms with E-state index in [9.17, 15) is 22.0 Å². The van der Waals surface area contributed by atoms with Crippen LogP contribution < -0.4 is 4.72 Å². The average molecular weight is 277 g/mol. The standard InChI is InChI=1S/C11H13F2NO3S/c1-6(2)14-18(16,17)11-4-8(7(3)15)9(12)5-10(11)13/h4-6,14H,1-3H3. The van der Waals surface area contributed by atoms with Crippen molar-refractivity contribution in [2.75, 3.05) is 0 Å². The first-order chi connectivity index (χ1) is 8.15. The van der Waals surface area contributed by atoms with Crippen molar-refractivity contribution in [3.05, 3.63) is 29.3 Å². The summed E-state index contributed by atoms with van der Waals surface area (Å²) in [6.07, 6.45) is 0. The Kier molecular flexibility index (Phi) is 4.18. The van der Waals surface area contributed by atoms with E-state index in [1.165, 1.54) is 0 Å². The Labute approximate surface area is 104 Å². The van der Waals surface area contributed by atoms with Gasteiger partial charge in [0.15, 0.2) is 5.78 Å². The van der Waals surface area contributed by atoms with Crippen LogP contribution >= 0.6 is 0 Å². The van der Waals surface area contributed by atoms with E-state index < -0.39 is 43.9 Å². The molecule has 0 amide bonds. The fraction of sp³-hybridized carbons (Fsp3) is 0.364. The monoisotopic (exact) mass is 277 g/mol. The molecule has 0 aliphatic carbocycles. The SMILES string of the molecule is CC(=O)c1cc(S(=O)(=O)NC(C)C)c(F)cc1F. The molecule has 0 aliphatic rings. The zero-order valence-electron chi connectivity index (χ0n) is 10.1. The van der Waals surface area contributed by atoms with E-state index >= 15 is 0 Å². The Morgan fingerprint density at radius 1 is 1.22 bits per heavy atom. The molecule has 1 aromatic rings. The highest BCUT2D eigenvalue weighted by atomic mass is 32.2. The molecule has 0 aliphatic heterocycles. The predicted molar refractivity (Wildman–Crippen MR) is 61.8 cm³/mol. The van der Waals surface area contributed by atoms with Crippen molar-refractivity contribution >= 4 is 15.8 Å². The Bertz CT molecular complexity index is 582. The van der Waals surface area contributed by atoms with Gasteiger partial charge in [0.2, 0.25) is 10.0 Å². The summed E-state index contributed by atoms with van der Waals surface area (Å²) in [5.74, 6) is -2.98. The van der Waals surface area contributed by atoms with Gasteiger partial charge in [0, 0.05) is 12.1 Å². The molecule has 100 valence electrons. The second-order valence-corrected chi connectivity index (χ2v) is 5.78. The molecular weight excluding hydrogens is 264 g/mol. The molecule has 0 aromatic heterocycles. The number of carbonyl (C=O) groups excluding carboxylic acids is 1. The lowest BCUT2D eigenvalue weighted by Gasteiger charge is -2.11. The molecule has 1 aromatic carbocycles. The van der Waals surface area contributed by atoms with E-state index in [2.05, 4.69) is 4.72 Å². The zero-order valence-corrected chi connectivity index (χ0v) is 10.9. The van der Waals surface area contributed by atoms with Gasteiger partial charge in [0.05, 0.1) is 5.56 Å². The third-order valence-electron chi connectivity index (χ3n) is 2.08. The summed E-state index contributed by atoms with van der Waals surface area (Å²) in [4.78, 5) is 10.4. The molecular formula is C11H13F2NO3S. The van der Waals surface area contributed by atoms with Gasteiger partial charge in [-0.15, -0.1) is 0 Å². The van der Waals surface area contributed by atoms with Crippen molar-refractivity contribution in [3.63, 3.8) is 0 Å². The molecule has 0 atom stereocenters. The minimum Gasteiger partial charge on any atom is -0.294 e. The number of hydrogen-bond donors (Lipinski definition) is 1. The lowest BCUT2D eigenvalue weighted by Crippen LogP contribution is -2.31. The summed E-state index contributed by atoms with van der Waals surface area (Å²) < 4.78 is 52.4. The van der Waals surface area contributed by atoms with Crippen molar-refractivity contribution < 1.29 is 22.0 Å².